The van der Waals surface area contributed by atoms with E-state index in [-0.39, 0.29) is 5.92 Å². The molecule has 0 radical (unpaired) electrons. The van der Waals surface area contributed by atoms with Crippen molar-refractivity contribution in [3.8, 4) is 0 Å². The molecule has 0 amide bonds. The monoisotopic (exact) mass is 290 g/mol. The van der Waals surface area contributed by atoms with E-state index in [0.29, 0.717) is 17.2 Å². The maximum absolute atomic E-state index is 13.3. The van der Waals surface area contributed by atoms with Crippen LogP contribution in [0.1, 0.15) is 39.0 Å². The van der Waals surface area contributed by atoms with E-state index in [2.05, 4.69) is 13.5 Å². The highest BCUT2D eigenvalue weighted by Crippen LogP contribution is 2.60. The van der Waals surface area contributed by atoms with Gasteiger partial charge >= 0.3 is 0 Å². The Morgan fingerprint density at radius 2 is 1.95 bits per heavy atom. The topological polar surface area (TPSA) is 34.1 Å². The largest absolute Gasteiger partial charge is 0.223 e. The Morgan fingerprint density at radius 1 is 1.25 bits per heavy atom. The van der Waals surface area contributed by atoms with Crippen LogP contribution in [0.15, 0.2) is 47.4 Å². The van der Waals surface area contributed by atoms with Crippen LogP contribution in [0.25, 0.3) is 0 Å². The highest BCUT2D eigenvalue weighted by atomic mass is 32.2. The zero-order valence-corrected chi connectivity index (χ0v) is 12.8. The fourth-order valence-electron chi connectivity index (χ4n) is 4.40. The molecule has 2 bridgehead atoms. The van der Waals surface area contributed by atoms with Gasteiger partial charge in [-0.25, -0.2) is 8.42 Å². The Kier molecular flexibility index (Phi) is 3.28. The number of sulfone groups is 1. The fourth-order valence-corrected chi connectivity index (χ4v) is 6.98. The second-order valence-electron chi connectivity index (χ2n) is 6.19. The van der Waals surface area contributed by atoms with E-state index in [1.165, 1.54) is 0 Å². The minimum Gasteiger partial charge on any atom is -0.223 e. The summed E-state index contributed by atoms with van der Waals surface area (Å²) in [6, 6.07) is 8.93. The summed E-state index contributed by atoms with van der Waals surface area (Å²) in [5, 5.41) is 0. The summed E-state index contributed by atoms with van der Waals surface area (Å²) in [6.45, 7) is 6.29. The summed E-state index contributed by atoms with van der Waals surface area (Å²) in [7, 11) is -3.34. The molecule has 0 aliphatic heterocycles. The second-order valence-corrected chi connectivity index (χ2v) is 8.39. The van der Waals surface area contributed by atoms with Crippen LogP contribution in [-0.4, -0.2) is 13.2 Å². The van der Waals surface area contributed by atoms with Crippen molar-refractivity contribution in [2.75, 3.05) is 0 Å². The molecule has 1 aromatic carbocycles. The minimum atomic E-state index is -3.34. The average molecular weight is 290 g/mol. The lowest BCUT2D eigenvalue weighted by Crippen LogP contribution is -2.45. The van der Waals surface area contributed by atoms with E-state index >= 15 is 0 Å². The Labute approximate surface area is 121 Å². The predicted octanol–water partition coefficient (Wildman–Crippen LogP) is 3.99. The Hall–Kier alpha value is -1.09. The van der Waals surface area contributed by atoms with Crippen LogP contribution in [0, 0.1) is 11.8 Å². The van der Waals surface area contributed by atoms with E-state index in [1.54, 1.807) is 12.1 Å². The van der Waals surface area contributed by atoms with Crippen molar-refractivity contribution in [2.24, 2.45) is 11.8 Å². The summed E-state index contributed by atoms with van der Waals surface area (Å²) >= 11 is 0. The first-order valence-electron chi connectivity index (χ1n) is 7.53. The lowest BCUT2D eigenvalue weighted by molar-refractivity contribution is 0.391. The van der Waals surface area contributed by atoms with Gasteiger partial charge in [0.1, 0.15) is 4.75 Å². The normalized spacial score (nSPS) is 32.8. The molecule has 0 spiro atoms. The van der Waals surface area contributed by atoms with Gasteiger partial charge in [0.2, 0.25) is 0 Å². The summed E-state index contributed by atoms with van der Waals surface area (Å²) in [6.07, 6.45) is 4.78. The first kappa shape index (κ1) is 13.9. The summed E-state index contributed by atoms with van der Waals surface area (Å²) in [5.41, 5.74) is 0.986. The number of benzene rings is 1. The van der Waals surface area contributed by atoms with Gasteiger partial charge in [0.05, 0.1) is 4.90 Å². The van der Waals surface area contributed by atoms with Gasteiger partial charge in [-0.15, -0.1) is 0 Å². The number of fused-ring (bicyclic) bond motifs is 2. The molecule has 0 aromatic heterocycles. The maximum Gasteiger partial charge on any atom is 0.188 e. The maximum atomic E-state index is 13.3. The van der Waals surface area contributed by atoms with Crippen LogP contribution in [0.4, 0.5) is 0 Å². The lowest BCUT2D eigenvalue weighted by atomic mass is 9.81. The molecular formula is C17H22O2S. The second kappa shape index (κ2) is 4.73. The Morgan fingerprint density at radius 3 is 2.50 bits per heavy atom. The zero-order chi connectivity index (χ0) is 14.4. The van der Waals surface area contributed by atoms with Gasteiger partial charge in [0, 0.05) is 0 Å². The molecule has 0 saturated heterocycles. The van der Waals surface area contributed by atoms with E-state index in [4.69, 9.17) is 0 Å². The lowest BCUT2D eigenvalue weighted by Gasteiger charge is -2.39. The molecule has 0 heterocycles. The van der Waals surface area contributed by atoms with E-state index in [9.17, 15) is 8.42 Å². The number of hydrogen-bond donors (Lipinski definition) is 0. The van der Waals surface area contributed by atoms with Gasteiger partial charge < -0.3 is 0 Å². The molecule has 1 aromatic rings. The van der Waals surface area contributed by atoms with E-state index < -0.39 is 14.6 Å². The third-order valence-electron chi connectivity index (χ3n) is 5.28. The molecule has 108 valence electrons. The SMILES string of the molecule is C=C1[C@H]2CC[C@H](C2)[C@]1(CCC)S(=O)(=O)c1ccccc1. The summed E-state index contributed by atoms with van der Waals surface area (Å²) in [5.74, 6) is 0.690. The molecule has 3 rings (SSSR count). The van der Waals surface area contributed by atoms with Crippen molar-refractivity contribution in [1.82, 2.24) is 0 Å². The molecule has 2 aliphatic carbocycles. The highest BCUT2D eigenvalue weighted by Gasteiger charge is 2.60. The standard InChI is InChI=1S/C17H22O2S/c1-3-11-17(13(2)14-9-10-15(17)12-14)20(18,19)16-7-5-4-6-8-16/h4-8,14-15H,2-3,9-12H2,1H3/t14-,15+,17+/m0/s1. The van der Waals surface area contributed by atoms with Gasteiger partial charge in [-0.1, -0.05) is 43.7 Å². The van der Waals surface area contributed by atoms with Crippen molar-refractivity contribution in [3.05, 3.63) is 42.5 Å². The third kappa shape index (κ3) is 1.65. The van der Waals surface area contributed by atoms with Crippen LogP contribution in [0.3, 0.4) is 0 Å². The van der Waals surface area contributed by atoms with Crippen LogP contribution in [0.5, 0.6) is 0 Å². The number of hydrogen-bond acceptors (Lipinski definition) is 2. The van der Waals surface area contributed by atoms with Crippen molar-refractivity contribution >= 4 is 9.84 Å². The van der Waals surface area contributed by atoms with E-state index in [1.807, 2.05) is 18.2 Å². The molecule has 2 fully saturated rings. The zero-order valence-electron chi connectivity index (χ0n) is 12.0. The molecule has 2 aliphatic rings. The molecule has 0 N–H and O–H groups in total. The third-order valence-corrected chi connectivity index (χ3v) is 7.93. The molecule has 2 nitrogen and oxygen atoms in total. The van der Waals surface area contributed by atoms with Crippen molar-refractivity contribution < 1.29 is 8.42 Å². The van der Waals surface area contributed by atoms with Gasteiger partial charge in [-0.3, -0.25) is 0 Å². The van der Waals surface area contributed by atoms with Crippen LogP contribution < -0.4 is 0 Å². The van der Waals surface area contributed by atoms with Crippen LogP contribution >= 0.6 is 0 Å². The Balaban J connectivity index is 2.15. The first-order valence-corrected chi connectivity index (χ1v) is 9.01. The van der Waals surface area contributed by atoms with Gasteiger partial charge in [-0.2, -0.15) is 0 Å². The minimum absolute atomic E-state index is 0.269. The van der Waals surface area contributed by atoms with Crippen LogP contribution in [0.2, 0.25) is 0 Å². The molecule has 3 heteroatoms. The van der Waals surface area contributed by atoms with Crippen LogP contribution in [-0.2, 0) is 9.84 Å². The van der Waals surface area contributed by atoms with E-state index in [0.717, 1.165) is 31.3 Å². The molecule has 20 heavy (non-hydrogen) atoms. The first-order chi connectivity index (χ1) is 9.54. The van der Waals surface area contributed by atoms with Crippen molar-refractivity contribution in [3.63, 3.8) is 0 Å². The molecule has 3 atom stereocenters. The number of rotatable bonds is 4. The van der Waals surface area contributed by atoms with Crippen molar-refractivity contribution in [1.29, 1.82) is 0 Å². The summed E-state index contributed by atoms with van der Waals surface area (Å²) < 4.78 is 25.9. The average Bonchev–Trinajstić information content (AvgIpc) is 3.03. The van der Waals surface area contributed by atoms with Gasteiger partial charge in [-0.05, 0) is 49.7 Å². The van der Waals surface area contributed by atoms with Crippen molar-refractivity contribution in [2.45, 2.75) is 48.7 Å². The van der Waals surface area contributed by atoms with Gasteiger partial charge in [0.15, 0.2) is 9.84 Å². The smallest absolute Gasteiger partial charge is 0.188 e. The quantitative estimate of drug-likeness (QED) is 0.786. The fraction of sp³-hybridized carbons (Fsp3) is 0.529. The Bertz CT molecular complexity index is 618. The van der Waals surface area contributed by atoms with Gasteiger partial charge in [0.25, 0.3) is 0 Å². The molecule has 0 unspecified atom stereocenters. The molecule has 2 saturated carbocycles. The summed E-state index contributed by atoms with van der Waals surface area (Å²) in [4.78, 5) is 0.460. The molecular weight excluding hydrogens is 268 g/mol. The highest BCUT2D eigenvalue weighted by molar-refractivity contribution is 7.93. The predicted molar refractivity (Wildman–Crippen MR) is 81.2 cm³/mol.